The molecule has 2 N–H and O–H groups in total. The van der Waals surface area contributed by atoms with E-state index in [2.05, 4.69) is 0 Å². The number of hydrogen-bond donors (Lipinski definition) is 1. The fourth-order valence-electron chi connectivity index (χ4n) is 1.61. The van der Waals surface area contributed by atoms with Gasteiger partial charge in [0.25, 0.3) is 0 Å². The van der Waals surface area contributed by atoms with Gasteiger partial charge in [0.15, 0.2) is 11.6 Å². The number of benzene rings is 2. The SMILES string of the molecule is C[C@H](N)c1cccc(F)c1Oc1ccc(F)cc1. The van der Waals surface area contributed by atoms with Crippen LogP contribution in [0.3, 0.4) is 0 Å². The Morgan fingerprint density at radius 1 is 1.06 bits per heavy atom. The molecule has 0 unspecified atom stereocenters. The summed E-state index contributed by atoms with van der Waals surface area (Å²) in [6.45, 7) is 1.74. The number of para-hydroxylation sites is 1. The van der Waals surface area contributed by atoms with Crippen LogP contribution in [0, 0.1) is 11.6 Å². The van der Waals surface area contributed by atoms with Crippen molar-refractivity contribution in [1.82, 2.24) is 0 Å². The van der Waals surface area contributed by atoms with Gasteiger partial charge in [0.1, 0.15) is 11.6 Å². The van der Waals surface area contributed by atoms with E-state index in [4.69, 9.17) is 10.5 Å². The molecule has 0 spiro atoms. The van der Waals surface area contributed by atoms with Crippen LogP contribution in [-0.2, 0) is 0 Å². The summed E-state index contributed by atoms with van der Waals surface area (Å²) < 4.78 is 31.9. The second kappa shape index (κ2) is 5.14. The Morgan fingerprint density at radius 2 is 1.72 bits per heavy atom. The zero-order chi connectivity index (χ0) is 13.1. The minimum atomic E-state index is -0.492. The van der Waals surface area contributed by atoms with Crippen molar-refractivity contribution >= 4 is 0 Å². The maximum atomic E-state index is 13.7. The average molecular weight is 249 g/mol. The van der Waals surface area contributed by atoms with E-state index in [0.717, 1.165) is 0 Å². The number of nitrogens with two attached hydrogens (primary N) is 1. The van der Waals surface area contributed by atoms with E-state index in [9.17, 15) is 8.78 Å². The first-order chi connectivity index (χ1) is 8.58. The smallest absolute Gasteiger partial charge is 0.167 e. The molecule has 0 fully saturated rings. The van der Waals surface area contributed by atoms with Gasteiger partial charge in [0.2, 0.25) is 0 Å². The number of hydrogen-bond acceptors (Lipinski definition) is 2. The minimum Gasteiger partial charge on any atom is -0.454 e. The molecule has 1 atom stereocenters. The summed E-state index contributed by atoms with van der Waals surface area (Å²) in [6.07, 6.45) is 0. The van der Waals surface area contributed by atoms with Crippen LogP contribution in [0.5, 0.6) is 11.5 Å². The van der Waals surface area contributed by atoms with E-state index in [0.29, 0.717) is 11.3 Å². The first-order valence-corrected chi connectivity index (χ1v) is 5.55. The number of halogens is 2. The molecule has 4 heteroatoms. The first kappa shape index (κ1) is 12.5. The van der Waals surface area contributed by atoms with Crippen molar-refractivity contribution in [3.05, 3.63) is 59.7 Å². The van der Waals surface area contributed by atoms with Crippen LogP contribution in [0.1, 0.15) is 18.5 Å². The minimum absolute atomic E-state index is 0.0825. The number of rotatable bonds is 3. The van der Waals surface area contributed by atoms with Crippen LogP contribution >= 0.6 is 0 Å². The third-order valence-corrected chi connectivity index (χ3v) is 2.52. The van der Waals surface area contributed by atoms with Gasteiger partial charge >= 0.3 is 0 Å². The molecular weight excluding hydrogens is 236 g/mol. The zero-order valence-electron chi connectivity index (χ0n) is 9.86. The fraction of sp³-hybridized carbons (Fsp3) is 0.143. The van der Waals surface area contributed by atoms with Gasteiger partial charge in [-0.1, -0.05) is 12.1 Å². The molecule has 0 amide bonds. The van der Waals surface area contributed by atoms with E-state index < -0.39 is 5.82 Å². The molecule has 0 saturated carbocycles. The van der Waals surface area contributed by atoms with Crippen molar-refractivity contribution in [3.8, 4) is 11.5 Å². The molecule has 0 bridgehead atoms. The van der Waals surface area contributed by atoms with E-state index in [1.54, 1.807) is 19.1 Å². The Kier molecular flexibility index (Phi) is 3.58. The molecule has 0 saturated heterocycles. The Bertz CT molecular complexity index is 538. The molecule has 0 aromatic heterocycles. The van der Waals surface area contributed by atoms with Gasteiger partial charge in [0, 0.05) is 11.6 Å². The third kappa shape index (κ3) is 2.65. The van der Waals surface area contributed by atoms with E-state index >= 15 is 0 Å². The second-order valence-electron chi connectivity index (χ2n) is 4.00. The van der Waals surface area contributed by atoms with Gasteiger partial charge in [-0.05, 0) is 37.3 Å². The lowest BCUT2D eigenvalue weighted by Gasteiger charge is -2.14. The summed E-state index contributed by atoms with van der Waals surface area (Å²) in [5.74, 6) is -0.417. The lowest BCUT2D eigenvalue weighted by atomic mass is 10.1. The van der Waals surface area contributed by atoms with Gasteiger partial charge < -0.3 is 10.5 Å². The summed E-state index contributed by atoms with van der Waals surface area (Å²) in [6, 6.07) is 9.60. The molecular formula is C14H13F2NO. The van der Waals surface area contributed by atoms with Crippen LogP contribution in [0.25, 0.3) is 0 Å². The molecule has 2 rings (SSSR count). The van der Waals surface area contributed by atoms with E-state index in [1.807, 2.05) is 0 Å². The predicted molar refractivity (Wildman–Crippen MR) is 65.5 cm³/mol. The second-order valence-corrected chi connectivity index (χ2v) is 4.00. The van der Waals surface area contributed by atoms with Crippen LogP contribution in [0.15, 0.2) is 42.5 Å². The first-order valence-electron chi connectivity index (χ1n) is 5.55. The highest BCUT2D eigenvalue weighted by Gasteiger charge is 2.13. The van der Waals surface area contributed by atoms with Gasteiger partial charge in [-0.25, -0.2) is 8.78 Å². The van der Waals surface area contributed by atoms with Gasteiger partial charge in [-0.15, -0.1) is 0 Å². The Labute approximate surface area is 104 Å². The maximum absolute atomic E-state index is 13.7. The molecule has 2 nitrogen and oxygen atoms in total. The van der Waals surface area contributed by atoms with Crippen LogP contribution in [0.2, 0.25) is 0 Å². The summed E-state index contributed by atoms with van der Waals surface area (Å²) in [4.78, 5) is 0. The molecule has 18 heavy (non-hydrogen) atoms. The maximum Gasteiger partial charge on any atom is 0.167 e. The predicted octanol–water partition coefficient (Wildman–Crippen LogP) is 3.78. The normalized spacial score (nSPS) is 12.2. The quantitative estimate of drug-likeness (QED) is 0.898. The van der Waals surface area contributed by atoms with Gasteiger partial charge in [0.05, 0.1) is 0 Å². The van der Waals surface area contributed by atoms with Crippen molar-refractivity contribution < 1.29 is 13.5 Å². The summed E-state index contributed by atoms with van der Waals surface area (Å²) >= 11 is 0. The summed E-state index contributed by atoms with van der Waals surface area (Å²) in [5, 5.41) is 0. The van der Waals surface area contributed by atoms with Crippen molar-refractivity contribution in [3.63, 3.8) is 0 Å². The number of ether oxygens (including phenoxy) is 1. The van der Waals surface area contributed by atoms with Crippen LogP contribution in [-0.4, -0.2) is 0 Å². The van der Waals surface area contributed by atoms with E-state index in [-0.39, 0.29) is 17.6 Å². The zero-order valence-corrected chi connectivity index (χ0v) is 9.86. The molecule has 0 radical (unpaired) electrons. The van der Waals surface area contributed by atoms with Crippen molar-refractivity contribution in [1.29, 1.82) is 0 Å². The van der Waals surface area contributed by atoms with Crippen LogP contribution < -0.4 is 10.5 Å². The van der Waals surface area contributed by atoms with Gasteiger partial charge in [-0.2, -0.15) is 0 Å². The molecule has 2 aromatic rings. The summed E-state index contributed by atoms with van der Waals surface area (Å²) in [7, 11) is 0. The summed E-state index contributed by atoms with van der Waals surface area (Å²) in [5.41, 5.74) is 6.32. The Hall–Kier alpha value is -1.94. The third-order valence-electron chi connectivity index (χ3n) is 2.52. The largest absolute Gasteiger partial charge is 0.454 e. The molecule has 0 aliphatic rings. The van der Waals surface area contributed by atoms with E-state index in [1.165, 1.54) is 30.3 Å². The Morgan fingerprint density at radius 3 is 2.33 bits per heavy atom. The monoisotopic (exact) mass is 249 g/mol. The molecule has 2 aromatic carbocycles. The average Bonchev–Trinajstić information content (AvgIpc) is 2.34. The van der Waals surface area contributed by atoms with Crippen molar-refractivity contribution in [2.75, 3.05) is 0 Å². The van der Waals surface area contributed by atoms with Crippen molar-refractivity contribution in [2.45, 2.75) is 13.0 Å². The van der Waals surface area contributed by atoms with Crippen molar-refractivity contribution in [2.24, 2.45) is 5.73 Å². The molecule has 0 aliphatic heterocycles. The van der Waals surface area contributed by atoms with Gasteiger partial charge in [-0.3, -0.25) is 0 Å². The highest BCUT2D eigenvalue weighted by Crippen LogP contribution is 2.31. The Balaban J connectivity index is 2.36. The highest BCUT2D eigenvalue weighted by molar-refractivity contribution is 5.40. The molecule has 0 aliphatic carbocycles. The standard InChI is InChI=1S/C14H13F2NO/c1-9(17)12-3-2-4-13(16)14(12)18-11-7-5-10(15)6-8-11/h2-9H,17H2,1H3/t9-/m0/s1. The van der Waals surface area contributed by atoms with Crippen LogP contribution in [0.4, 0.5) is 8.78 Å². The molecule has 0 heterocycles. The lowest BCUT2D eigenvalue weighted by molar-refractivity contribution is 0.431. The highest BCUT2D eigenvalue weighted by atomic mass is 19.1. The fourth-order valence-corrected chi connectivity index (χ4v) is 1.61. The lowest BCUT2D eigenvalue weighted by Crippen LogP contribution is -2.07. The topological polar surface area (TPSA) is 35.2 Å². The molecule has 94 valence electrons.